The number of methoxy groups -OCH3 is 1. The van der Waals surface area contributed by atoms with E-state index in [0.29, 0.717) is 0 Å². The van der Waals surface area contributed by atoms with E-state index in [4.69, 9.17) is 7.38 Å². The molecule has 4 heteroatoms. The van der Waals surface area contributed by atoms with Crippen LogP contribution in [0.15, 0.2) is 24.3 Å². The molecular weight excluding hydrogens is 357 g/mol. The quantitative estimate of drug-likeness (QED) is 0.745. The van der Waals surface area contributed by atoms with Crippen LogP contribution in [0.1, 0.15) is 6.92 Å². The average molecular weight is 367 g/mol. The Balaban J connectivity index is 2.69. The van der Waals surface area contributed by atoms with Gasteiger partial charge in [0.15, 0.2) is 0 Å². The monoisotopic (exact) mass is 368 g/mol. The number of rotatable bonds is 3. The predicted octanol–water partition coefficient (Wildman–Crippen LogP) is 0.881. The molecule has 0 atom stereocenters. The van der Waals surface area contributed by atoms with Crippen LogP contribution in [-0.2, 0) is 32.5 Å². The molecule has 1 aromatic carbocycles. The van der Waals surface area contributed by atoms with Crippen LogP contribution in [0.5, 0.6) is 5.75 Å². The number of benzene rings is 1. The maximum absolute atomic E-state index is 10.6. The molecule has 0 bridgehead atoms. The van der Waals surface area contributed by atoms with Crippen LogP contribution in [-0.4, -0.2) is 13.1 Å². The molecule has 0 amide bonds. The Kier molecular flexibility index (Phi) is 4.22. The molecule has 0 aliphatic heterocycles. The van der Waals surface area contributed by atoms with Crippen molar-refractivity contribution in [1.82, 2.24) is 0 Å². The van der Waals surface area contributed by atoms with Crippen LogP contribution < -0.4 is 7.81 Å². The summed E-state index contributed by atoms with van der Waals surface area (Å²) in [4.78, 5) is 10.6. The zero-order valence-corrected chi connectivity index (χ0v) is 13.2. The fourth-order valence-electron chi connectivity index (χ4n) is 1.00. The summed E-state index contributed by atoms with van der Waals surface area (Å²) in [5.41, 5.74) is 0. The van der Waals surface area contributed by atoms with Gasteiger partial charge in [0, 0.05) is 0 Å². The number of hydrogen-bond donors (Lipinski definition) is 0. The van der Waals surface area contributed by atoms with E-state index in [-0.39, 0.29) is 5.97 Å². The summed E-state index contributed by atoms with van der Waals surface area (Å²) in [5.74, 6) is 0.651. The van der Waals surface area contributed by atoms with Crippen molar-refractivity contribution >= 4 is 9.04 Å². The van der Waals surface area contributed by atoms with Gasteiger partial charge >= 0.3 is 90.3 Å². The second-order valence-electron chi connectivity index (χ2n) is 2.59. The van der Waals surface area contributed by atoms with Crippen molar-refractivity contribution in [3.8, 4) is 5.75 Å². The molecule has 0 aliphatic carbocycles. The van der Waals surface area contributed by atoms with Gasteiger partial charge in [-0.3, -0.25) is 0 Å². The van der Waals surface area contributed by atoms with Crippen molar-refractivity contribution in [2.75, 3.05) is 7.11 Å². The first-order valence-corrected chi connectivity index (χ1v) is 8.98. The normalized spacial score (nSPS) is 8.77. The van der Waals surface area contributed by atoms with Crippen LogP contribution in [0.2, 0.25) is 0 Å². The molecule has 0 N–H and O–H groups in total. The van der Waals surface area contributed by atoms with Gasteiger partial charge in [-0.25, -0.2) is 0 Å². The van der Waals surface area contributed by atoms with Crippen LogP contribution in [0.4, 0.5) is 0 Å². The Hall–Kier alpha value is -0.575. The van der Waals surface area contributed by atoms with Gasteiger partial charge in [0.1, 0.15) is 0 Å². The molecule has 1 aromatic rings. The number of ether oxygens (including phenoxy) is 1. The van der Waals surface area contributed by atoms with Gasteiger partial charge in [0.05, 0.1) is 0 Å². The van der Waals surface area contributed by atoms with Gasteiger partial charge in [0.25, 0.3) is 0 Å². The van der Waals surface area contributed by atoms with E-state index >= 15 is 0 Å². The predicted molar refractivity (Wildman–Crippen MR) is 44.4 cm³/mol. The fourth-order valence-corrected chi connectivity index (χ4v) is 4.87. The van der Waals surface area contributed by atoms with E-state index in [0.717, 1.165) is 8.82 Å². The SMILES string of the molecule is COc1cccc[c]1[Hg][O]C(C)=O. The summed E-state index contributed by atoms with van der Waals surface area (Å²) in [6.07, 6.45) is 0. The number of carbonyl (C=O) groups is 1. The molecule has 0 fully saturated rings. The summed E-state index contributed by atoms with van der Waals surface area (Å²) in [6.45, 7) is 1.44. The van der Waals surface area contributed by atoms with E-state index < -0.39 is 25.0 Å². The van der Waals surface area contributed by atoms with Crippen molar-refractivity contribution in [2.24, 2.45) is 0 Å². The summed E-state index contributed by atoms with van der Waals surface area (Å²) < 4.78 is 11.3. The number of carbonyl (C=O) groups excluding carboxylic acids is 1. The Bertz CT molecular complexity index is 299. The molecule has 13 heavy (non-hydrogen) atoms. The summed E-state index contributed by atoms with van der Waals surface area (Å²) in [7, 11) is 1.63. The van der Waals surface area contributed by atoms with Crippen LogP contribution in [0.3, 0.4) is 0 Å². The van der Waals surface area contributed by atoms with E-state index in [9.17, 15) is 4.79 Å². The van der Waals surface area contributed by atoms with Crippen molar-refractivity contribution in [1.29, 1.82) is 0 Å². The van der Waals surface area contributed by atoms with Crippen molar-refractivity contribution in [3.63, 3.8) is 0 Å². The Morgan fingerprint density at radius 1 is 1.38 bits per heavy atom. The zero-order chi connectivity index (χ0) is 9.68. The summed E-state index contributed by atoms with van der Waals surface area (Å²) in [6, 6.07) is 7.69. The zero-order valence-electron chi connectivity index (χ0n) is 7.74. The van der Waals surface area contributed by atoms with Gasteiger partial charge in [-0.2, -0.15) is 0 Å². The molecule has 0 heterocycles. The maximum atomic E-state index is 10.6. The molecule has 3 nitrogen and oxygen atoms in total. The molecule has 0 saturated carbocycles. The molecule has 0 saturated heterocycles. The number of para-hydroxylation sites is 1. The van der Waals surface area contributed by atoms with Crippen molar-refractivity contribution in [2.45, 2.75) is 6.92 Å². The summed E-state index contributed by atoms with van der Waals surface area (Å²) >= 11 is -1.72. The Labute approximate surface area is 90.1 Å². The first-order chi connectivity index (χ1) is 6.24. The fraction of sp³-hybridized carbons (Fsp3) is 0.222. The molecule has 0 aliphatic rings. The van der Waals surface area contributed by atoms with E-state index in [1.165, 1.54) is 6.92 Å². The second kappa shape index (κ2) is 5.22. The Morgan fingerprint density at radius 3 is 2.69 bits per heavy atom. The average Bonchev–Trinajstić information content (AvgIpc) is 2.15. The number of hydrogen-bond acceptors (Lipinski definition) is 3. The second-order valence-corrected chi connectivity index (χ2v) is 7.80. The van der Waals surface area contributed by atoms with E-state index in [1.807, 2.05) is 24.3 Å². The van der Waals surface area contributed by atoms with E-state index in [2.05, 4.69) is 0 Å². The van der Waals surface area contributed by atoms with Crippen LogP contribution in [0, 0.1) is 0 Å². The molecular formula is C9H10HgO3. The first kappa shape index (κ1) is 10.5. The molecule has 0 spiro atoms. The third-order valence-corrected chi connectivity index (χ3v) is 7.24. The molecule has 0 unspecified atom stereocenters. The molecule has 0 radical (unpaired) electrons. The molecule has 1 rings (SSSR count). The van der Waals surface area contributed by atoms with Crippen molar-refractivity contribution < 1.29 is 37.2 Å². The van der Waals surface area contributed by atoms with Crippen LogP contribution in [0.25, 0.3) is 0 Å². The van der Waals surface area contributed by atoms with E-state index in [1.54, 1.807) is 7.11 Å². The standard InChI is InChI=1S/C7H7O.C2H4O2.Hg/c1-8-7-5-3-2-4-6-7;1-2(3)4;/h2-5H,1H3;1H3,(H,3,4);/q;;+1/p-1. The van der Waals surface area contributed by atoms with Gasteiger partial charge in [-0.1, -0.05) is 0 Å². The van der Waals surface area contributed by atoms with Gasteiger partial charge < -0.3 is 0 Å². The van der Waals surface area contributed by atoms with Crippen molar-refractivity contribution in [3.05, 3.63) is 24.3 Å². The van der Waals surface area contributed by atoms with Gasteiger partial charge in [-0.05, 0) is 0 Å². The molecule has 0 aromatic heterocycles. The van der Waals surface area contributed by atoms with Gasteiger partial charge in [0.2, 0.25) is 0 Å². The minimum atomic E-state index is -1.72. The molecule has 66 valence electrons. The minimum absolute atomic E-state index is 0.187. The Morgan fingerprint density at radius 2 is 2.08 bits per heavy atom. The van der Waals surface area contributed by atoms with Gasteiger partial charge in [-0.15, -0.1) is 0 Å². The third-order valence-electron chi connectivity index (χ3n) is 1.62. The topological polar surface area (TPSA) is 35.5 Å². The summed E-state index contributed by atoms with van der Waals surface area (Å²) in [5, 5.41) is 0. The van der Waals surface area contributed by atoms with Crippen LogP contribution >= 0.6 is 0 Å². The third kappa shape index (κ3) is 3.34. The first-order valence-electron chi connectivity index (χ1n) is 3.99.